The molecule has 2 N–H and O–H groups in total. The molecule has 2 nitrogen and oxygen atoms in total. The minimum atomic E-state index is -1.16. The highest BCUT2D eigenvalue weighted by molar-refractivity contribution is 6.77. The molecule has 1 fully saturated rings. The van der Waals surface area contributed by atoms with E-state index in [9.17, 15) is 0 Å². The highest BCUT2D eigenvalue weighted by Gasteiger charge is 2.34. The van der Waals surface area contributed by atoms with Crippen LogP contribution in [0.4, 0.5) is 0 Å². The summed E-state index contributed by atoms with van der Waals surface area (Å²) in [5.41, 5.74) is 0. The normalized spacial score (nSPS) is 23.7. The molecule has 1 rings (SSSR count). The van der Waals surface area contributed by atoms with Gasteiger partial charge in [0.2, 0.25) is 0 Å². The van der Waals surface area contributed by atoms with Gasteiger partial charge in [0.15, 0.2) is 0 Å². The van der Waals surface area contributed by atoms with Gasteiger partial charge in [-0.05, 0) is 61.9 Å². The molecule has 0 atom stereocenters. The van der Waals surface area contributed by atoms with E-state index >= 15 is 0 Å². The molecule has 1 aliphatic carbocycles. The van der Waals surface area contributed by atoms with E-state index in [1.807, 2.05) is 0 Å². The summed E-state index contributed by atoms with van der Waals surface area (Å²) >= 11 is 0. The Morgan fingerprint density at radius 1 is 0.545 bits per heavy atom. The lowest BCUT2D eigenvalue weighted by Crippen LogP contribution is -2.58. The first-order valence-electron chi connectivity index (χ1n) is 10.1. The van der Waals surface area contributed by atoms with Crippen LogP contribution in [-0.4, -0.2) is 28.6 Å². The molecule has 0 unspecified atom stereocenters. The third-order valence-electron chi connectivity index (χ3n) is 6.81. The number of hydrogen-bond donors (Lipinski definition) is 2. The van der Waals surface area contributed by atoms with Crippen molar-refractivity contribution in [2.75, 3.05) is 0 Å². The van der Waals surface area contributed by atoms with Crippen LogP contribution in [-0.2, 0) is 0 Å². The Morgan fingerprint density at radius 2 is 0.773 bits per heavy atom. The lowest BCUT2D eigenvalue weighted by Gasteiger charge is -2.41. The van der Waals surface area contributed by atoms with Gasteiger partial charge in [-0.3, -0.25) is 0 Å². The lowest BCUT2D eigenvalue weighted by molar-refractivity contribution is 0.353. The Bertz CT molecular complexity index is 247. The van der Waals surface area contributed by atoms with Crippen LogP contribution >= 0.6 is 0 Å². The highest BCUT2D eigenvalue weighted by atomic mass is 28.3. The Balaban J connectivity index is 2.49. The van der Waals surface area contributed by atoms with Gasteiger partial charge >= 0.3 is 0 Å². The average Bonchev–Trinajstić information content (AvgIpc) is 2.59. The van der Waals surface area contributed by atoms with Crippen LogP contribution in [0.15, 0.2) is 0 Å². The second-order valence-corrected chi connectivity index (χ2v) is 17.5. The molecule has 0 aromatic rings. The van der Waals surface area contributed by atoms with Gasteiger partial charge in [0.05, 0.1) is 0 Å². The van der Waals surface area contributed by atoms with Crippen LogP contribution in [0.2, 0.25) is 36.3 Å². The zero-order valence-electron chi connectivity index (χ0n) is 16.2. The molecule has 0 radical (unpaired) electrons. The van der Waals surface area contributed by atoms with Crippen molar-refractivity contribution < 1.29 is 0 Å². The number of rotatable bonds is 10. The molecule has 0 aromatic carbocycles. The predicted molar refractivity (Wildman–Crippen MR) is 107 cm³/mol. The molecule has 0 bridgehead atoms. The SMILES string of the molecule is CC[Si](CC)(CC)NC1CCC(N[Si](CC)(CC)CC)CC1. The van der Waals surface area contributed by atoms with Crippen molar-refractivity contribution in [3.63, 3.8) is 0 Å². The van der Waals surface area contributed by atoms with Gasteiger partial charge in [-0.1, -0.05) is 41.5 Å². The fraction of sp³-hybridized carbons (Fsp3) is 1.00. The van der Waals surface area contributed by atoms with Crippen LogP contribution in [0.25, 0.3) is 0 Å². The molecular weight excluding hydrogens is 300 g/mol. The fourth-order valence-corrected chi connectivity index (χ4v) is 10.9. The summed E-state index contributed by atoms with van der Waals surface area (Å²) < 4.78 is 0. The third-order valence-corrected chi connectivity index (χ3v) is 17.0. The van der Waals surface area contributed by atoms with Crippen molar-refractivity contribution in [3.05, 3.63) is 0 Å². The highest BCUT2D eigenvalue weighted by Crippen LogP contribution is 2.27. The predicted octanol–water partition coefficient (Wildman–Crippen LogP) is 5.49. The monoisotopic (exact) mass is 342 g/mol. The Labute approximate surface area is 142 Å². The first kappa shape index (κ1) is 20.4. The van der Waals surface area contributed by atoms with Crippen LogP contribution in [0.5, 0.6) is 0 Å². The van der Waals surface area contributed by atoms with Crippen molar-refractivity contribution in [1.29, 1.82) is 0 Å². The van der Waals surface area contributed by atoms with E-state index in [1.54, 1.807) is 0 Å². The molecule has 0 aromatic heterocycles. The van der Waals surface area contributed by atoms with Crippen LogP contribution in [0.1, 0.15) is 67.2 Å². The lowest BCUT2D eigenvalue weighted by atomic mass is 9.92. The molecular formula is C18H42N2Si2. The van der Waals surface area contributed by atoms with Gasteiger partial charge in [-0.25, -0.2) is 0 Å². The van der Waals surface area contributed by atoms with Crippen molar-refractivity contribution in [2.24, 2.45) is 0 Å². The summed E-state index contributed by atoms with van der Waals surface area (Å²) in [5, 5.41) is 0. The molecule has 1 aliphatic rings. The van der Waals surface area contributed by atoms with Crippen molar-refractivity contribution in [2.45, 2.75) is 116 Å². The smallest absolute Gasteiger partial charge is 0.125 e. The minimum Gasteiger partial charge on any atom is -0.334 e. The fourth-order valence-electron chi connectivity index (χ4n) is 4.36. The molecule has 22 heavy (non-hydrogen) atoms. The number of hydrogen-bond acceptors (Lipinski definition) is 2. The maximum Gasteiger partial charge on any atom is 0.125 e. The summed E-state index contributed by atoms with van der Waals surface area (Å²) in [6.45, 7) is 14.4. The topological polar surface area (TPSA) is 24.1 Å². The van der Waals surface area contributed by atoms with Crippen molar-refractivity contribution >= 4 is 16.5 Å². The second-order valence-electron chi connectivity index (χ2n) is 7.52. The molecule has 1 saturated carbocycles. The molecule has 0 spiro atoms. The van der Waals surface area contributed by atoms with E-state index < -0.39 is 16.5 Å². The van der Waals surface area contributed by atoms with Crippen LogP contribution < -0.4 is 9.96 Å². The summed E-state index contributed by atoms with van der Waals surface area (Å²) in [6.07, 6.45) is 5.59. The molecule has 0 aliphatic heterocycles. The maximum absolute atomic E-state index is 4.17. The molecule has 4 heteroatoms. The zero-order valence-corrected chi connectivity index (χ0v) is 18.2. The zero-order chi connectivity index (χ0) is 16.6. The number of nitrogens with one attached hydrogen (secondary N) is 2. The quantitative estimate of drug-likeness (QED) is 0.513. The van der Waals surface area contributed by atoms with Crippen LogP contribution in [0.3, 0.4) is 0 Å². The minimum absolute atomic E-state index is 0.811. The van der Waals surface area contributed by atoms with E-state index in [-0.39, 0.29) is 0 Å². The molecule has 0 saturated heterocycles. The third kappa shape index (κ3) is 5.18. The Hall–Kier alpha value is 0.354. The largest absolute Gasteiger partial charge is 0.334 e. The standard InChI is InChI=1S/C18H42N2Si2/c1-7-21(8-2,9-3)19-17-13-15-18(16-14-17)20-22(10-4,11-5)12-6/h17-20H,7-16H2,1-6H3. The van der Waals surface area contributed by atoms with Gasteiger partial charge in [0.25, 0.3) is 0 Å². The van der Waals surface area contributed by atoms with Crippen molar-refractivity contribution in [3.8, 4) is 0 Å². The van der Waals surface area contributed by atoms with E-state index in [0.717, 1.165) is 12.1 Å². The molecule has 0 heterocycles. The molecule has 132 valence electrons. The Morgan fingerprint density at radius 3 is 0.955 bits per heavy atom. The van der Waals surface area contributed by atoms with Gasteiger partial charge in [-0.2, -0.15) is 0 Å². The van der Waals surface area contributed by atoms with Gasteiger partial charge < -0.3 is 9.96 Å². The van der Waals surface area contributed by atoms with Gasteiger partial charge in [-0.15, -0.1) is 0 Å². The van der Waals surface area contributed by atoms with E-state index in [4.69, 9.17) is 0 Å². The first-order valence-corrected chi connectivity index (χ1v) is 15.3. The van der Waals surface area contributed by atoms with Crippen LogP contribution in [0, 0.1) is 0 Å². The Kier molecular flexibility index (Phi) is 8.90. The van der Waals surface area contributed by atoms with Crippen molar-refractivity contribution in [1.82, 2.24) is 9.96 Å². The van der Waals surface area contributed by atoms with E-state index in [2.05, 4.69) is 51.5 Å². The summed E-state index contributed by atoms with van der Waals surface area (Å²) in [6, 6.07) is 10.0. The molecule has 0 amide bonds. The van der Waals surface area contributed by atoms with E-state index in [1.165, 1.54) is 61.9 Å². The first-order chi connectivity index (χ1) is 10.5. The average molecular weight is 343 g/mol. The maximum atomic E-state index is 4.17. The summed E-state index contributed by atoms with van der Waals surface area (Å²) in [4.78, 5) is 8.33. The van der Waals surface area contributed by atoms with E-state index in [0.29, 0.717) is 0 Å². The summed E-state index contributed by atoms with van der Waals surface area (Å²) in [7, 11) is -2.31. The summed E-state index contributed by atoms with van der Waals surface area (Å²) in [5.74, 6) is 0. The van der Waals surface area contributed by atoms with Gasteiger partial charge in [0.1, 0.15) is 16.5 Å². The second kappa shape index (κ2) is 9.60. The van der Waals surface area contributed by atoms with Gasteiger partial charge in [0, 0.05) is 12.1 Å².